The number of imide groups is 1. The number of hydrogen-bond donors (Lipinski definition) is 1. The summed E-state index contributed by atoms with van der Waals surface area (Å²) in [6.45, 7) is -0.544. The van der Waals surface area contributed by atoms with Crippen molar-refractivity contribution < 1.29 is 29.0 Å². The van der Waals surface area contributed by atoms with Gasteiger partial charge in [0.15, 0.2) is 6.61 Å². The van der Waals surface area contributed by atoms with Crippen molar-refractivity contribution in [1.82, 2.24) is 4.98 Å². The first-order chi connectivity index (χ1) is 19.8. The molecule has 4 aromatic rings. The molecule has 0 spiro atoms. The van der Waals surface area contributed by atoms with Crippen molar-refractivity contribution in [2.45, 2.75) is 25.7 Å². The van der Waals surface area contributed by atoms with Crippen LogP contribution in [0, 0.1) is 11.8 Å². The number of nitrogens with zero attached hydrogens (tertiary/aromatic N) is 2. The number of ketones is 1. The summed E-state index contributed by atoms with van der Waals surface area (Å²) in [5.74, 6) is -2.16. The Morgan fingerprint density at radius 1 is 0.902 bits per heavy atom. The van der Waals surface area contributed by atoms with Crippen molar-refractivity contribution in [3.8, 4) is 17.0 Å². The van der Waals surface area contributed by atoms with E-state index in [-0.39, 0.29) is 40.5 Å². The number of pyridine rings is 1. The molecule has 1 saturated carbocycles. The number of para-hydroxylation sites is 1. The van der Waals surface area contributed by atoms with Gasteiger partial charge in [0.05, 0.1) is 39.9 Å². The van der Waals surface area contributed by atoms with Crippen molar-refractivity contribution in [2.75, 3.05) is 11.5 Å². The monoisotopic (exact) mass is 612 g/mol. The van der Waals surface area contributed by atoms with Gasteiger partial charge in [-0.25, -0.2) is 9.78 Å². The molecule has 41 heavy (non-hydrogen) atoms. The van der Waals surface area contributed by atoms with Gasteiger partial charge >= 0.3 is 5.97 Å². The molecule has 1 saturated heterocycles. The van der Waals surface area contributed by atoms with Crippen molar-refractivity contribution in [3.05, 3.63) is 88.4 Å². The van der Waals surface area contributed by atoms with Gasteiger partial charge in [0.2, 0.25) is 17.6 Å². The van der Waals surface area contributed by atoms with Gasteiger partial charge in [-0.1, -0.05) is 53.0 Å². The molecule has 1 aromatic heterocycles. The summed E-state index contributed by atoms with van der Waals surface area (Å²) in [5.41, 5.74) is 2.51. The fourth-order valence-electron chi connectivity index (χ4n) is 5.71. The number of halogens is 1. The number of anilines is 1. The molecule has 3 aromatic carbocycles. The molecule has 8 nitrogen and oxygen atoms in total. The van der Waals surface area contributed by atoms with Gasteiger partial charge in [-0.05, 0) is 61.4 Å². The van der Waals surface area contributed by atoms with Gasteiger partial charge in [0.1, 0.15) is 5.75 Å². The Labute approximate surface area is 244 Å². The third kappa shape index (κ3) is 5.02. The van der Waals surface area contributed by atoms with Crippen LogP contribution in [-0.4, -0.2) is 40.3 Å². The summed E-state index contributed by atoms with van der Waals surface area (Å²) in [6, 6.07) is 20.0. The maximum atomic E-state index is 13.2. The summed E-state index contributed by atoms with van der Waals surface area (Å²) in [6.07, 6.45) is 3.42. The van der Waals surface area contributed by atoms with Gasteiger partial charge in [0.25, 0.3) is 0 Å². The molecule has 0 radical (unpaired) electrons. The average molecular weight is 613 g/mol. The predicted molar refractivity (Wildman–Crippen MR) is 156 cm³/mol. The maximum absolute atomic E-state index is 13.2. The van der Waals surface area contributed by atoms with E-state index in [9.17, 15) is 24.3 Å². The first kappa shape index (κ1) is 26.8. The second kappa shape index (κ2) is 10.9. The number of aromatic hydroxyl groups is 1. The van der Waals surface area contributed by atoms with E-state index in [1.807, 2.05) is 6.07 Å². The second-order valence-corrected chi connectivity index (χ2v) is 11.2. The lowest BCUT2D eigenvalue weighted by atomic mass is 9.81. The number of esters is 1. The number of amides is 2. The molecule has 0 bridgehead atoms. The van der Waals surface area contributed by atoms with Crippen LogP contribution in [0.5, 0.6) is 5.75 Å². The van der Waals surface area contributed by atoms with E-state index >= 15 is 0 Å². The molecular formula is C32H25BrN2O6. The third-order valence-electron chi connectivity index (χ3n) is 7.79. The first-order valence-electron chi connectivity index (χ1n) is 13.4. The summed E-state index contributed by atoms with van der Waals surface area (Å²) >= 11 is 3.43. The second-order valence-electron chi connectivity index (χ2n) is 10.3. The van der Waals surface area contributed by atoms with Crippen LogP contribution < -0.4 is 4.90 Å². The smallest absolute Gasteiger partial charge is 0.339 e. The summed E-state index contributed by atoms with van der Waals surface area (Å²) < 4.78 is 6.11. The van der Waals surface area contributed by atoms with Crippen molar-refractivity contribution in [3.63, 3.8) is 0 Å². The van der Waals surface area contributed by atoms with Crippen molar-refractivity contribution in [2.24, 2.45) is 11.8 Å². The maximum Gasteiger partial charge on any atom is 0.339 e. The summed E-state index contributed by atoms with van der Waals surface area (Å²) in [4.78, 5) is 57.9. The van der Waals surface area contributed by atoms with Crippen LogP contribution in [0.4, 0.5) is 5.69 Å². The van der Waals surface area contributed by atoms with Gasteiger partial charge in [0, 0.05) is 15.4 Å². The Morgan fingerprint density at radius 3 is 2.27 bits per heavy atom. The fraction of sp³-hybridized carbons (Fsp3) is 0.219. The van der Waals surface area contributed by atoms with E-state index in [1.54, 1.807) is 54.6 Å². The highest BCUT2D eigenvalue weighted by Gasteiger charge is 2.48. The zero-order valence-electron chi connectivity index (χ0n) is 21.9. The summed E-state index contributed by atoms with van der Waals surface area (Å²) in [5, 5.41) is 10.5. The molecule has 2 atom stereocenters. The number of ether oxygens (including phenoxy) is 1. The Balaban J connectivity index is 1.29. The number of benzene rings is 3. The molecule has 2 unspecified atom stereocenters. The molecule has 2 amide bonds. The minimum atomic E-state index is -0.715. The van der Waals surface area contributed by atoms with Crippen molar-refractivity contribution >= 4 is 56.1 Å². The zero-order chi connectivity index (χ0) is 28.7. The molecule has 6 rings (SSSR count). The quantitative estimate of drug-likeness (QED) is 0.159. The minimum absolute atomic E-state index is 0.0672. The lowest BCUT2D eigenvalue weighted by molar-refractivity contribution is -0.122. The van der Waals surface area contributed by atoms with E-state index in [4.69, 9.17) is 9.72 Å². The lowest BCUT2D eigenvalue weighted by Crippen LogP contribution is -2.30. The van der Waals surface area contributed by atoms with Crippen LogP contribution in [0.15, 0.2) is 77.3 Å². The van der Waals surface area contributed by atoms with E-state index in [0.29, 0.717) is 27.8 Å². The molecule has 2 fully saturated rings. The summed E-state index contributed by atoms with van der Waals surface area (Å²) in [7, 11) is 0. The molecular weight excluding hydrogens is 588 g/mol. The van der Waals surface area contributed by atoms with Crippen LogP contribution in [0.3, 0.4) is 0 Å². The number of Topliss-reactive ketones (excluding diaryl/α,β-unsaturated/α-hetero) is 1. The fourth-order valence-corrected chi connectivity index (χ4v) is 6.07. The first-order valence-corrected chi connectivity index (χ1v) is 14.2. The number of hydrogen-bond acceptors (Lipinski definition) is 7. The topological polar surface area (TPSA) is 114 Å². The standard InChI is InChI=1S/C32H25BrN2O6/c33-19-11-14-26-24(15-19)25(32(40)41-17-29(37)23-7-3-4-8-28(23)36)16-27(34-26)18-9-12-20(13-10-18)35-30(38)21-5-1-2-6-22(21)31(35)39/h3-4,7-16,21-22,36H,1-2,5-6,17H2. The van der Waals surface area contributed by atoms with Crippen LogP contribution in [0.2, 0.25) is 0 Å². The third-order valence-corrected chi connectivity index (χ3v) is 8.29. The molecule has 1 aliphatic heterocycles. The Kier molecular flexibility index (Phi) is 7.13. The minimum Gasteiger partial charge on any atom is -0.507 e. The highest BCUT2D eigenvalue weighted by Crippen LogP contribution is 2.40. The van der Waals surface area contributed by atoms with Gasteiger partial charge < -0.3 is 9.84 Å². The number of phenolic OH excluding ortho intramolecular Hbond substituents is 1. The van der Waals surface area contributed by atoms with E-state index in [1.165, 1.54) is 17.0 Å². The highest BCUT2D eigenvalue weighted by atomic mass is 79.9. The van der Waals surface area contributed by atoms with Crippen LogP contribution >= 0.6 is 15.9 Å². The van der Waals surface area contributed by atoms with Gasteiger partial charge in [-0.3, -0.25) is 19.3 Å². The Morgan fingerprint density at radius 2 is 1.59 bits per heavy atom. The number of aromatic nitrogens is 1. The molecule has 2 heterocycles. The number of phenols is 1. The van der Waals surface area contributed by atoms with E-state index in [0.717, 1.165) is 30.2 Å². The molecule has 206 valence electrons. The largest absolute Gasteiger partial charge is 0.507 e. The zero-order valence-corrected chi connectivity index (χ0v) is 23.5. The van der Waals surface area contributed by atoms with Gasteiger partial charge in [-0.2, -0.15) is 0 Å². The number of carbonyl (C=O) groups excluding carboxylic acids is 4. The Hall–Kier alpha value is -4.37. The van der Waals surface area contributed by atoms with Gasteiger partial charge in [-0.15, -0.1) is 0 Å². The number of carbonyl (C=O) groups is 4. The normalized spacial score (nSPS) is 18.4. The SMILES string of the molecule is O=C(COC(=O)c1cc(-c2ccc(N3C(=O)C4CCCCC4C3=O)cc2)nc2ccc(Br)cc12)c1ccccc1O. The van der Waals surface area contributed by atoms with Crippen LogP contribution in [-0.2, 0) is 14.3 Å². The molecule has 2 aliphatic rings. The average Bonchev–Trinajstić information content (AvgIpc) is 3.25. The van der Waals surface area contributed by atoms with Crippen molar-refractivity contribution in [1.29, 1.82) is 0 Å². The molecule has 1 aliphatic carbocycles. The molecule has 9 heteroatoms. The predicted octanol–water partition coefficient (Wildman–Crippen LogP) is 6.09. The van der Waals surface area contributed by atoms with E-state index in [2.05, 4.69) is 15.9 Å². The number of rotatable bonds is 6. The van der Waals surface area contributed by atoms with E-state index < -0.39 is 18.4 Å². The molecule has 1 N–H and O–H groups in total. The Bertz CT molecular complexity index is 1690. The highest BCUT2D eigenvalue weighted by molar-refractivity contribution is 9.10. The van der Waals surface area contributed by atoms with Crippen LogP contribution in [0.25, 0.3) is 22.2 Å². The van der Waals surface area contributed by atoms with Crippen LogP contribution in [0.1, 0.15) is 46.4 Å². The number of fused-ring (bicyclic) bond motifs is 2. The lowest BCUT2D eigenvalue weighted by Gasteiger charge is -2.19.